The van der Waals surface area contributed by atoms with Crippen molar-refractivity contribution in [3.8, 4) is 0 Å². The highest BCUT2D eigenvalue weighted by Gasteiger charge is 2.15. The van der Waals surface area contributed by atoms with Gasteiger partial charge < -0.3 is 5.73 Å². The lowest BCUT2D eigenvalue weighted by molar-refractivity contribution is 0.590. The van der Waals surface area contributed by atoms with E-state index in [0.717, 1.165) is 11.1 Å². The van der Waals surface area contributed by atoms with Crippen molar-refractivity contribution < 1.29 is 4.39 Å². The third-order valence-corrected chi connectivity index (χ3v) is 2.52. The number of benzene rings is 1. The van der Waals surface area contributed by atoms with E-state index >= 15 is 0 Å². The third kappa shape index (κ3) is 1.84. The van der Waals surface area contributed by atoms with Gasteiger partial charge in [0.15, 0.2) is 0 Å². The zero-order valence-electron chi connectivity index (χ0n) is 7.99. The fourth-order valence-corrected chi connectivity index (χ4v) is 1.67. The second kappa shape index (κ2) is 3.64. The molecule has 0 spiro atoms. The molecular formula is C10H13ClFN. The molecule has 1 aromatic rings. The zero-order valence-corrected chi connectivity index (χ0v) is 8.74. The van der Waals surface area contributed by atoms with Gasteiger partial charge in [-0.15, -0.1) is 0 Å². The number of hydrogen-bond acceptors (Lipinski definition) is 1. The minimum absolute atomic E-state index is 0.149. The van der Waals surface area contributed by atoms with Crippen LogP contribution < -0.4 is 5.73 Å². The molecule has 0 radical (unpaired) electrons. The van der Waals surface area contributed by atoms with E-state index in [0.29, 0.717) is 5.56 Å². The summed E-state index contributed by atoms with van der Waals surface area (Å²) in [6, 6.07) is 1.30. The van der Waals surface area contributed by atoms with E-state index in [4.69, 9.17) is 17.3 Å². The lowest BCUT2D eigenvalue weighted by Gasteiger charge is -2.14. The van der Waals surface area contributed by atoms with E-state index in [2.05, 4.69) is 0 Å². The van der Waals surface area contributed by atoms with E-state index < -0.39 is 0 Å². The quantitative estimate of drug-likeness (QED) is 0.743. The van der Waals surface area contributed by atoms with E-state index in [9.17, 15) is 4.39 Å². The second-order valence-corrected chi connectivity index (χ2v) is 3.72. The number of aryl methyl sites for hydroxylation is 1. The Morgan fingerprint density at radius 2 is 2.00 bits per heavy atom. The summed E-state index contributed by atoms with van der Waals surface area (Å²) in [5, 5.41) is 0.149. The lowest BCUT2D eigenvalue weighted by atomic mass is 9.98. The van der Waals surface area contributed by atoms with Gasteiger partial charge in [-0.1, -0.05) is 11.6 Å². The van der Waals surface area contributed by atoms with Gasteiger partial charge in [0, 0.05) is 11.6 Å². The molecule has 1 aromatic carbocycles. The largest absolute Gasteiger partial charge is 0.324 e. The van der Waals surface area contributed by atoms with Gasteiger partial charge >= 0.3 is 0 Å². The standard InChI is InChI=1S/C10H13ClFN/c1-5-4-8(11)10(12)9(6(5)2)7(3)13/h4,7H,13H2,1-3H3. The summed E-state index contributed by atoms with van der Waals surface area (Å²) >= 11 is 5.70. The molecule has 2 N–H and O–H groups in total. The molecule has 0 saturated carbocycles. The van der Waals surface area contributed by atoms with Gasteiger partial charge in [-0.2, -0.15) is 0 Å². The van der Waals surface area contributed by atoms with Crippen LogP contribution in [0.5, 0.6) is 0 Å². The van der Waals surface area contributed by atoms with Crippen LogP contribution in [0, 0.1) is 19.7 Å². The first-order chi connectivity index (χ1) is 5.95. The van der Waals surface area contributed by atoms with Crippen LogP contribution >= 0.6 is 11.6 Å². The molecule has 0 aromatic heterocycles. The first kappa shape index (κ1) is 10.5. The van der Waals surface area contributed by atoms with Crippen molar-refractivity contribution in [2.24, 2.45) is 5.73 Å². The highest BCUT2D eigenvalue weighted by molar-refractivity contribution is 6.30. The molecule has 0 aliphatic rings. The van der Waals surface area contributed by atoms with E-state index in [1.54, 1.807) is 13.0 Å². The van der Waals surface area contributed by atoms with Gasteiger partial charge in [0.2, 0.25) is 0 Å². The van der Waals surface area contributed by atoms with Crippen molar-refractivity contribution in [2.45, 2.75) is 26.8 Å². The van der Waals surface area contributed by atoms with Gasteiger partial charge in [-0.05, 0) is 38.0 Å². The third-order valence-electron chi connectivity index (χ3n) is 2.24. The summed E-state index contributed by atoms with van der Waals surface area (Å²) < 4.78 is 13.5. The van der Waals surface area contributed by atoms with Crippen molar-refractivity contribution in [2.75, 3.05) is 0 Å². The van der Waals surface area contributed by atoms with Crippen LogP contribution in [0.25, 0.3) is 0 Å². The molecule has 1 nitrogen and oxygen atoms in total. The predicted molar refractivity (Wildman–Crippen MR) is 53.5 cm³/mol. The maximum Gasteiger partial charge on any atom is 0.146 e. The normalized spacial score (nSPS) is 13.1. The summed E-state index contributed by atoms with van der Waals surface area (Å²) in [4.78, 5) is 0. The minimum Gasteiger partial charge on any atom is -0.324 e. The Balaban J connectivity index is 3.46. The zero-order chi connectivity index (χ0) is 10.2. The molecule has 0 fully saturated rings. The molecule has 0 saturated heterocycles. The predicted octanol–water partition coefficient (Wildman–Crippen LogP) is 3.12. The van der Waals surface area contributed by atoms with E-state index in [1.165, 1.54) is 0 Å². The molecule has 3 heteroatoms. The molecule has 0 bridgehead atoms. The van der Waals surface area contributed by atoms with Gasteiger partial charge in [0.1, 0.15) is 5.82 Å². The van der Waals surface area contributed by atoms with Gasteiger partial charge in [-0.3, -0.25) is 0 Å². The average molecular weight is 202 g/mol. The molecule has 0 aliphatic carbocycles. The highest BCUT2D eigenvalue weighted by Crippen LogP contribution is 2.28. The van der Waals surface area contributed by atoms with Crippen molar-refractivity contribution in [1.29, 1.82) is 0 Å². The molecule has 72 valence electrons. The molecule has 0 amide bonds. The minimum atomic E-state index is -0.389. The summed E-state index contributed by atoms with van der Waals surface area (Å²) in [6.07, 6.45) is 0. The van der Waals surface area contributed by atoms with Crippen molar-refractivity contribution in [1.82, 2.24) is 0 Å². The fraction of sp³-hybridized carbons (Fsp3) is 0.400. The molecule has 1 unspecified atom stereocenters. The maximum atomic E-state index is 13.5. The Kier molecular flexibility index (Phi) is 2.94. The Morgan fingerprint density at radius 1 is 1.46 bits per heavy atom. The van der Waals surface area contributed by atoms with Crippen LogP contribution in [0.2, 0.25) is 5.02 Å². The Hall–Kier alpha value is -0.600. The average Bonchev–Trinajstić information content (AvgIpc) is 2.01. The number of nitrogens with two attached hydrogens (primary N) is 1. The highest BCUT2D eigenvalue weighted by atomic mass is 35.5. The topological polar surface area (TPSA) is 26.0 Å². The van der Waals surface area contributed by atoms with Crippen LogP contribution in [0.1, 0.15) is 29.7 Å². The van der Waals surface area contributed by atoms with Crippen molar-refractivity contribution in [3.63, 3.8) is 0 Å². The van der Waals surface area contributed by atoms with Crippen molar-refractivity contribution >= 4 is 11.6 Å². The summed E-state index contributed by atoms with van der Waals surface area (Å²) in [5.74, 6) is -0.389. The van der Waals surface area contributed by atoms with Gasteiger partial charge in [0.05, 0.1) is 5.02 Å². The lowest BCUT2D eigenvalue weighted by Crippen LogP contribution is -2.10. The summed E-state index contributed by atoms with van der Waals surface area (Å²) in [7, 11) is 0. The molecule has 0 aliphatic heterocycles. The summed E-state index contributed by atoms with van der Waals surface area (Å²) in [6.45, 7) is 5.50. The molecule has 1 atom stereocenters. The number of hydrogen-bond donors (Lipinski definition) is 1. The second-order valence-electron chi connectivity index (χ2n) is 3.32. The van der Waals surface area contributed by atoms with Crippen LogP contribution in [0.4, 0.5) is 4.39 Å². The Labute approximate surface area is 82.7 Å². The molecule has 1 rings (SSSR count). The molecular weight excluding hydrogens is 189 g/mol. The van der Waals surface area contributed by atoms with Crippen LogP contribution in [-0.4, -0.2) is 0 Å². The Morgan fingerprint density at radius 3 is 2.46 bits per heavy atom. The number of halogens is 2. The van der Waals surface area contributed by atoms with Crippen LogP contribution in [0.3, 0.4) is 0 Å². The Bertz CT molecular complexity index is 308. The first-order valence-corrected chi connectivity index (χ1v) is 4.53. The molecule has 13 heavy (non-hydrogen) atoms. The summed E-state index contributed by atoms with van der Waals surface area (Å²) in [5.41, 5.74) is 8.03. The first-order valence-electron chi connectivity index (χ1n) is 4.15. The van der Waals surface area contributed by atoms with Gasteiger partial charge in [-0.25, -0.2) is 4.39 Å². The maximum absolute atomic E-state index is 13.5. The SMILES string of the molecule is Cc1cc(Cl)c(F)c(C(C)N)c1C. The monoisotopic (exact) mass is 201 g/mol. The fourth-order valence-electron chi connectivity index (χ4n) is 1.41. The van der Waals surface area contributed by atoms with E-state index in [-0.39, 0.29) is 16.9 Å². The number of rotatable bonds is 1. The van der Waals surface area contributed by atoms with Gasteiger partial charge in [0.25, 0.3) is 0 Å². The van der Waals surface area contributed by atoms with Crippen molar-refractivity contribution in [3.05, 3.63) is 33.6 Å². The van der Waals surface area contributed by atoms with E-state index in [1.807, 2.05) is 13.8 Å². The smallest absolute Gasteiger partial charge is 0.146 e. The van der Waals surface area contributed by atoms with Crippen LogP contribution in [0.15, 0.2) is 6.07 Å². The van der Waals surface area contributed by atoms with Crippen LogP contribution in [-0.2, 0) is 0 Å². The molecule has 0 heterocycles.